The number of amides is 1. The van der Waals surface area contributed by atoms with E-state index in [1.165, 1.54) is 5.56 Å². The number of anilines is 1. The number of pyridine rings is 1. The molecule has 5 heteroatoms. The van der Waals surface area contributed by atoms with Crippen LogP contribution in [0.1, 0.15) is 36.4 Å². The van der Waals surface area contributed by atoms with Crippen LogP contribution in [0, 0.1) is 5.92 Å². The lowest BCUT2D eigenvalue weighted by Crippen LogP contribution is -2.17. The summed E-state index contributed by atoms with van der Waals surface area (Å²) in [5, 5.41) is 6.06. The van der Waals surface area contributed by atoms with Gasteiger partial charge in [-0.2, -0.15) is 0 Å². The van der Waals surface area contributed by atoms with Crippen LogP contribution in [0.2, 0.25) is 0 Å². The minimum absolute atomic E-state index is 0.102. The normalized spacial score (nSPS) is 21.9. The van der Waals surface area contributed by atoms with Crippen molar-refractivity contribution >= 4 is 11.7 Å². The van der Waals surface area contributed by atoms with Crippen molar-refractivity contribution in [3.8, 4) is 0 Å². The molecular weight excluding hydrogens is 254 g/mol. The van der Waals surface area contributed by atoms with Crippen LogP contribution in [0.3, 0.4) is 0 Å². The molecular formula is C15H21N3O2. The lowest BCUT2D eigenvalue weighted by molar-refractivity contribution is -0.117. The molecule has 2 N–H and O–H groups in total. The third-order valence-electron chi connectivity index (χ3n) is 3.92. The molecule has 1 aliphatic heterocycles. The second-order valence-corrected chi connectivity index (χ2v) is 5.59. The highest BCUT2D eigenvalue weighted by atomic mass is 16.5. The molecule has 3 rings (SSSR count). The maximum Gasteiger partial charge on any atom is 0.228 e. The van der Waals surface area contributed by atoms with Crippen LogP contribution in [0.25, 0.3) is 0 Å². The van der Waals surface area contributed by atoms with Crippen LogP contribution < -0.4 is 10.6 Å². The predicted molar refractivity (Wildman–Crippen MR) is 76.5 cm³/mol. The van der Waals surface area contributed by atoms with E-state index in [-0.39, 0.29) is 11.8 Å². The maximum atomic E-state index is 11.8. The Bertz CT molecular complexity index is 494. The van der Waals surface area contributed by atoms with Gasteiger partial charge in [-0.05, 0) is 37.9 Å². The summed E-state index contributed by atoms with van der Waals surface area (Å²) in [4.78, 5) is 16.4. The van der Waals surface area contributed by atoms with Crippen LogP contribution in [0.4, 0.5) is 5.82 Å². The summed E-state index contributed by atoms with van der Waals surface area (Å²) in [5.41, 5.74) is 2.25. The summed E-state index contributed by atoms with van der Waals surface area (Å²) >= 11 is 0. The molecule has 1 aromatic heterocycles. The van der Waals surface area contributed by atoms with Gasteiger partial charge in [0.1, 0.15) is 5.82 Å². The van der Waals surface area contributed by atoms with Gasteiger partial charge in [0.05, 0.1) is 12.3 Å². The topological polar surface area (TPSA) is 63.2 Å². The fourth-order valence-electron chi connectivity index (χ4n) is 2.62. The van der Waals surface area contributed by atoms with Gasteiger partial charge in [0, 0.05) is 25.0 Å². The Morgan fingerprint density at radius 1 is 1.40 bits per heavy atom. The smallest absolute Gasteiger partial charge is 0.228 e. The highest BCUT2D eigenvalue weighted by Crippen LogP contribution is 2.31. The number of carbonyl (C=O) groups excluding carboxylic acids is 1. The van der Waals surface area contributed by atoms with Crippen molar-refractivity contribution in [1.29, 1.82) is 0 Å². The first kappa shape index (κ1) is 13.5. The quantitative estimate of drug-likeness (QED) is 0.857. The number of carbonyl (C=O) groups is 1. The van der Waals surface area contributed by atoms with E-state index in [1.807, 2.05) is 13.1 Å². The van der Waals surface area contributed by atoms with Crippen LogP contribution in [0.5, 0.6) is 0 Å². The van der Waals surface area contributed by atoms with E-state index in [0.717, 1.165) is 38.2 Å². The number of ether oxygens (including phenoxy) is 1. The Morgan fingerprint density at radius 3 is 2.90 bits per heavy atom. The van der Waals surface area contributed by atoms with E-state index in [9.17, 15) is 4.79 Å². The van der Waals surface area contributed by atoms with E-state index < -0.39 is 0 Å². The molecule has 2 aliphatic rings. The Hall–Kier alpha value is -1.46. The Balaban J connectivity index is 1.78. The van der Waals surface area contributed by atoms with Gasteiger partial charge < -0.3 is 15.4 Å². The average molecular weight is 275 g/mol. The lowest BCUT2D eigenvalue weighted by Gasteiger charge is -2.15. The molecule has 1 atom stereocenters. The minimum atomic E-state index is 0.102. The van der Waals surface area contributed by atoms with Crippen molar-refractivity contribution in [3.63, 3.8) is 0 Å². The monoisotopic (exact) mass is 275 g/mol. The molecule has 1 aliphatic carbocycles. The van der Waals surface area contributed by atoms with Crippen molar-refractivity contribution in [2.45, 2.75) is 31.7 Å². The minimum Gasteiger partial charge on any atom is -0.381 e. The van der Waals surface area contributed by atoms with Crippen molar-refractivity contribution < 1.29 is 9.53 Å². The summed E-state index contributed by atoms with van der Waals surface area (Å²) in [6.07, 6.45) is 3.06. The summed E-state index contributed by atoms with van der Waals surface area (Å²) in [7, 11) is 1.91. The van der Waals surface area contributed by atoms with Gasteiger partial charge in [-0.3, -0.25) is 4.79 Å². The zero-order chi connectivity index (χ0) is 13.9. The summed E-state index contributed by atoms with van der Waals surface area (Å²) < 4.78 is 5.46. The molecule has 108 valence electrons. The van der Waals surface area contributed by atoms with Crippen LogP contribution in [-0.4, -0.2) is 31.2 Å². The third-order valence-corrected chi connectivity index (χ3v) is 3.92. The average Bonchev–Trinajstić information content (AvgIpc) is 3.16. The fraction of sp³-hybridized carbons (Fsp3) is 0.600. The molecule has 0 radical (unpaired) electrons. The van der Waals surface area contributed by atoms with Crippen LogP contribution in [0.15, 0.2) is 12.1 Å². The van der Waals surface area contributed by atoms with Crippen LogP contribution in [-0.2, 0) is 16.1 Å². The summed E-state index contributed by atoms with van der Waals surface area (Å²) in [6.45, 7) is 2.30. The van der Waals surface area contributed by atoms with Gasteiger partial charge in [0.2, 0.25) is 5.91 Å². The second-order valence-electron chi connectivity index (χ2n) is 5.59. The molecule has 1 amide bonds. The number of hydrogen-bond acceptors (Lipinski definition) is 4. The largest absolute Gasteiger partial charge is 0.381 e. The molecule has 1 unspecified atom stereocenters. The zero-order valence-electron chi connectivity index (χ0n) is 11.8. The van der Waals surface area contributed by atoms with Gasteiger partial charge >= 0.3 is 0 Å². The van der Waals surface area contributed by atoms with Gasteiger partial charge in [-0.1, -0.05) is 6.07 Å². The summed E-state index contributed by atoms with van der Waals surface area (Å²) in [5.74, 6) is 1.39. The first-order chi connectivity index (χ1) is 9.78. The number of nitrogens with one attached hydrogen (secondary N) is 2. The number of nitrogens with zero attached hydrogens (tertiary/aromatic N) is 1. The van der Waals surface area contributed by atoms with E-state index in [4.69, 9.17) is 4.74 Å². The van der Waals surface area contributed by atoms with Crippen molar-refractivity contribution in [2.24, 2.45) is 5.92 Å². The van der Waals surface area contributed by atoms with Crippen molar-refractivity contribution in [3.05, 3.63) is 23.4 Å². The molecule has 5 nitrogen and oxygen atoms in total. The summed E-state index contributed by atoms with van der Waals surface area (Å²) in [6, 6.07) is 3.99. The molecule has 1 aromatic rings. The van der Waals surface area contributed by atoms with Gasteiger partial charge in [0.15, 0.2) is 0 Å². The molecule has 0 bridgehead atoms. The molecule has 2 heterocycles. The molecule has 1 saturated carbocycles. The second kappa shape index (κ2) is 5.89. The number of rotatable bonds is 5. The Labute approximate surface area is 119 Å². The fourth-order valence-corrected chi connectivity index (χ4v) is 2.62. The molecule has 0 spiro atoms. The molecule has 1 saturated heterocycles. The number of hydrogen-bond donors (Lipinski definition) is 2. The predicted octanol–water partition coefficient (Wildman–Crippen LogP) is 1.65. The van der Waals surface area contributed by atoms with E-state index >= 15 is 0 Å². The number of aromatic nitrogens is 1. The maximum absolute atomic E-state index is 11.8. The van der Waals surface area contributed by atoms with Gasteiger partial charge in [-0.25, -0.2) is 4.98 Å². The highest BCUT2D eigenvalue weighted by molar-refractivity contribution is 5.93. The van der Waals surface area contributed by atoms with E-state index in [1.54, 1.807) is 0 Å². The van der Waals surface area contributed by atoms with Crippen molar-refractivity contribution in [2.75, 3.05) is 25.6 Å². The van der Waals surface area contributed by atoms with Crippen molar-refractivity contribution in [1.82, 2.24) is 10.3 Å². The van der Waals surface area contributed by atoms with E-state index in [0.29, 0.717) is 18.3 Å². The molecule has 20 heavy (non-hydrogen) atoms. The Kier molecular flexibility index (Phi) is 3.98. The van der Waals surface area contributed by atoms with Gasteiger partial charge in [-0.15, -0.1) is 0 Å². The zero-order valence-corrected chi connectivity index (χ0v) is 11.8. The first-order valence-electron chi connectivity index (χ1n) is 7.31. The standard InChI is InChI=1S/C15H21N3O2/c1-16-8-13-12(11-6-7-20-9-11)4-5-14(17-13)18-15(19)10-2-3-10/h4-5,10-11,16H,2-3,6-9H2,1H3,(H,17,18,19). The third kappa shape index (κ3) is 2.99. The van der Waals surface area contributed by atoms with Gasteiger partial charge in [0.25, 0.3) is 0 Å². The highest BCUT2D eigenvalue weighted by Gasteiger charge is 2.30. The lowest BCUT2D eigenvalue weighted by atomic mass is 9.96. The first-order valence-corrected chi connectivity index (χ1v) is 7.31. The SMILES string of the molecule is CNCc1nc(NC(=O)C2CC2)ccc1C1CCOC1. The molecule has 0 aromatic carbocycles. The van der Waals surface area contributed by atoms with E-state index in [2.05, 4.69) is 21.7 Å². The van der Waals surface area contributed by atoms with Crippen LogP contribution >= 0.6 is 0 Å². The molecule has 2 fully saturated rings. The Morgan fingerprint density at radius 2 is 2.25 bits per heavy atom.